The lowest BCUT2D eigenvalue weighted by Gasteiger charge is -2.15. The molecule has 2 N–H and O–H groups in total. The molecule has 7 heteroatoms. The van der Waals surface area contributed by atoms with E-state index in [1.165, 1.54) is 6.07 Å². The molecule has 1 amide bonds. The molecule has 26 heavy (non-hydrogen) atoms. The molecule has 1 unspecified atom stereocenters. The second-order valence-electron chi connectivity index (χ2n) is 6.16. The number of para-hydroxylation sites is 1. The van der Waals surface area contributed by atoms with Crippen LogP contribution < -0.4 is 15.0 Å². The third-order valence-corrected chi connectivity index (χ3v) is 3.91. The summed E-state index contributed by atoms with van der Waals surface area (Å²) in [4.78, 5) is 23.9. The number of nitro benzene ring substituents is 1. The summed E-state index contributed by atoms with van der Waals surface area (Å²) in [5.74, 6) is 0.560. The van der Waals surface area contributed by atoms with Crippen LogP contribution in [0.15, 0.2) is 42.5 Å². The van der Waals surface area contributed by atoms with E-state index >= 15 is 0 Å². The minimum absolute atomic E-state index is 0.0949. The highest BCUT2D eigenvalue weighted by atomic mass is 16.6. The van der Waals surface area contributed by atoms with Gasteiger partial charge in [0.25, 0.3) is 11.6 Å². The molecule has 0 aliphatic heterocycles. The minimum Gasteiger partial charge on any atom is -0.494 e. The first-order valence-electron chi connectivity index (χ1n) is 8.47. The van der Waals surface area contributed by atoms with Gasteiger partial charge in [0.15, 0.2) is 6.54 Å². The molecule has 0 heterocycles. The van der Waals surface area contributed by atoms with Gasteiger partial charge >= 0.3 is 0 Å². The van der Waals surface area contributed by atoms with Crippen LogP contribution in [0.5, 0.6) is 5.75 Å². The highest BCUT2D eigenvalue weighted by Gasteiger charge is 2.19. The zero-order valence-electron chi connectivity index (χ0n) is 15.2. The van der Waals surface area contributed by atoms with Crippen molar-refractivity contribution in [1.82, 2.24) is 0 Å². The first-order chi connectivity index (χ1) is 12.4. The van der Waals surface area contributed by atoms with Gasteiger partial charge in [0, 0.05) is 11.6 Å². The molecule has 2 aromatic rings. The molecular weight excluding hydrogens is 334 g/mol. The first kappa shape index (κ1) is 19.4. The van der Waals surface area contributed by atoms with Gasteiger partial charge in [-0.1, -0.05) is 12.1 Å². The Morgan fingerprint density at radius 2 is 1.92 bits per heavy atom. The monoisotopic (exact) mass is 358 g/mol. The Hall–Kier alpha value is -2.93. The van der Waals surface area contributed by atoms with Crippen LogP contribution in [0.1, 0.15) is 18.1 Å². The highest BCUT2D eigenvalue weighted by molar-refractivity contribution is 5.94. The van der Waals surface area contributed by atoms with Crippen molar-refractivity contribution in [2.45, 2.75) is 20.4 Å². The van der Waals surface area contributed by atoms with Gasteiger partial charge in [-0.3, -0.25) is 14.9 Å². The summed E-state index contributed by atoms with van der Waals surface area (Å²) in [6.45, 7) is 5.16. The van der Waals surface area contributed by atoms with Crippen molar-refractivity contribution in [1.29, 1.82) is 0 Å². The molecule has 2 aromatic carbocycles. The number of nitrogens with one attached hydrogen (secondary N) is 2. The number of carbonyl (C=O) groups excluding carboxylic acids is 1. The number of benzene rings is 2. The van der Waals surface area contributed by atoms with Crippen molar-refractivity contribution in [3.63, 3.8) is 0 Å². The third kappa shape index (κ3) is 5.29. The number of ether oxygens (including phenoxy) is 1. The average Bonchev–Trinajstić information content (AvgIpc) is 2.58. The summed E-state index contributed by atoms with van der Waals surface area (Å²) >= 11 is 0. The van der Waals surface area contributed by atoms with Gasteiger partial charge in [-0.05, 0) is 43.7 Å². The molecule has 0 bridgehead atoms. The molecular formula is C19H24N3O4+. The number of nitrogens with zero attached hydrogens (tertiary/aromatic N) is 1. The van der Waals surface area contributed by atoms with E-state index in [4.69, 9.17) is 4.74 Å². The number of rotatable bonds is 8. The van der Waals surface area contributed by atoms with E-state index in [2.05, 4.69) is 5.32 Å². The molecule has 0 saturated heterocycles. The van der Waals surface area contributed by atoms with Gasteiger partial charge in [-0.2, -0.15) is 0 Å². The fraction of sp³-hybridized carbons (Fsp3) is 0.316. The van der Waals surface area contributed by atoms with Crippen molar-refractivity contribution in [2.24, 2.45) is 0 Å². The molecule has 1 atom stereocenters. The van der Waals surface area contributed by atoms with Gasteiger partial charge in [-0.15, -0.1) is 0 Å². The standard InChI is InChI=1S/C19H23N3O4/c1-4-26-16-10-8-15(9-11-16)12-21(3)13-18(23)20-19-14(2)6-5-7-17(19)22(24)25/h5-11H,4,12-13H2,1-3H3,(H,20,23)/p+1. The maximum absolute atomic E-state index is 12.3. The first-order valence-corrected chi connectivity index (χ1v) is 8.47. The Labute approximate surface area is 152 Å². The number of anilines is 1. The molecule has 2 rings (SSSR count). The summed E-state index contributed by atoms with van der Waals surface area (Å²) < 4.78 is 5.41. The molecule has 138 valence electrons. The van der Waals surface area contributed by atoms with Crippen LogP contribution in [0.3, 0.4) is 0 Å². The maximum atomic E-state index is 12.3. The van der Waals surface area contributed by atoms with E-state index in [-0.39, 0.29) is 23.8 Å². The van der Waals surface area contributed by atoms with Crippen molar-refractivity contribution in [3.8, 4) is 5.75 Å². The average molecular weight is 358 g/mol. The maximum Gasteiger partial charge on any atom is 0.293 e. The lowest BCUT2D eigenvalue weighted by molar-refractivity contribution is -0.885. The number of amides is 1. The topological polar surface area (TPSA) is 85.9 Å². The molecule has 0 radical (unpaired) electrons. The number of hydrogen-bond donors (Lipinski definition) is 2. The van der Waals surface area contributed by atoms with Crippen LogP contribution in [-0.4, -0.2) is 31.0 Å². The van der Waals surface area contributed by atoms with Crippen molar-refractivity contribution < 1.29 is 19.4 Å². The number of hydrogen-bond acceptors (Lipinski definition) is 4. The molecule has 0 aromatic heterocycles. The van der Waals surface area contributed by atoms with Gasteiger partial charge in [0.1, 0.15) is 18.0 Å². The van der Waals surface area contributed by atoms with Gasteiger partial charge in [-0.25, -0.2) is 0 Å². The summed E-state index contributed by atoms with van der Waals surface area (Å²) in [5, 5.41) is 13.8. The number of carbonyl (C=O) groups is 1. The summed E-state index contributed by atoms with van der Waals surface area (Å²) in [5.41, 5.74) is 1.91. The lowest BCUT2D eigenvalue weighted by Crippen LogP contribution is -3.08. The predicted octanol–water partition coefficient (Wildman–Crippen LogP) is 1.96. The Morgan fingerprint density at radius 1 is 1.23 bits per heavy atom. The van der Waals surface area contributed by atoms with Crippen LogP contribution in [0.4, 0.5) is 11.4 Å². The largest absolute Gasteiger partial charge is 0.494 e. The molecule has 0 aliphatic rings. The van der Waals surface area contributed by atoms with Crippen LogP contribution in [-0.2, 0) is 11.3 Å². The van der Waals surface area contributed by atoms with Crippen LogP contribution >= 0.6 is 0 Å². The second-order valence-corrected chi connectivity index (χ2v) is 6.16. The smallest absolute Gasteiger partial charge is 0.293 e. The van der Waals surface area contributed by atoms with Crippen molar-refractivity contribution in [2.75, 3.05) is 25.5 Å². The summed E-state index contributed by atoms with van der Waals surface area (Å²) in [7, 11) is 1.91. The molecule has 0 spiro atoms. The van der Waals surface area contributed by atoms with E-state index in [9.17, 15) is 14.9 Å². The SMILES string of the molecule is CCOc1ccc(C[NH+](C)CC(=O)Nc2c(C)cccc2[N+](=O)[O-])cc1. The molecule has 0 aliphatic carbocycles. The summed E-state index contributed by atoms with van der Waals surface area (Å²) in [6.07, 6.45) is 0. The molecule has 7 nitrogen and oxygen atoms in total. The lowest BCUT2D eigenvalue weighted by atomic mass is 10.1. The zero-order chi connectivity index (χ0) is 19.1. The fourth-order valence-electron chi connectivity index (χ4n) is 2.71. The highest BCUT2D eigenvalue weighted by Crippen LogP contribution is 2.27. The summed E-state index contributed by atoms with van der Waals surface area (Å²) in [6, 6.07) is 12.5. The van der Waals surface area contributed by atoms with Crippen LogP contribution in [0.2, 0.25) is 0 Å². The number of aryl methyl sites for hydroxylation is 1. The third-order valence-electron chi connectivity index (χ3n) is 3.91. The Balaban J connectivity index is 1.96. The number of likely N-dealkylation sites (N-methyl/N-ethyl adjacent to an activating group) is 1. The van der Waals surface area contributed by atoms with Crippen LogP contribution in [0.25, 0.3) is 0 Å². The zero-order valence-corrected chi connectivity index (χ0v) is 15.2. The Bertz CT molecular complexity index is 775. The Morgan fingerprint density at radius 3 is 2.54 bits per heavy atom. The second kappa shape index (κ2) is 8.96. The van der Waals surface area contributed by atoms with E-state index in [1.54, 1.807) is 19.1 Å². The minimum atomic E-state index is -0.487. The molecule has 0 saturated carbocycles. The van der Waals surface area contributed by atoms with Gasteiger partial charge in [0.2, 0.25) is 0 Å². The fourth-order valence-corrected chi connectivity index (χ4v) is 2.71. The van der Waals surface area contributed by atoms with E-state index in [0.29, 0.717) is 18.7 Å². The number of nitro groups is 1. The van der Waals surface area contributed by atoms with Crippen molar-refractivity contribution >= 4 is 17.3 Å². The van der Waals surface area contributed by atoms with E-state index < -0.39 is 4.92 Å². The van der Waals surface area contributed by atoms with Crippen molar-refractivity contribution in [3.05, 3.63) is 63.7 Å². The number of quaternary nitrogens is 1. The predicted molar refractivity (Wildman–Crippen MR) is 99.5 cm³/mol. The van der Waals surface area contributed by atoms with E-state index in [1.807, 2.05) is 38.2 Å². The molecule has 0 fully saturated rings. The quantitative estimate of drug-likeness (QED) is 0.558. The Kier molecular flexibility index (Phi) is 6.68. The normalized spacial score (nSPS) is 11.7. The van der Waals surface area contributed by atoms with Gasteiger partial charge in [0.05, 0.1) is 18.6 Å². The van der Waals surface area contributed by atoms with Gasteiger partial charge < -0.3 is 15.0 Å². The van der Waals surface area contributed by atoms with E-state index in [0.717, 1.165) is 16.2 Å². The van der Waals surface area contributed by atoms with Crippen LogP contribution in [0, 0.1) is 17.0 Å².